The van der Waals surface area contributed by atoms with Crippen molar-refractivity contribution in [1.82, 2.24) is 30.0 Å². The van der Waals surface area contributed by atoms with Gasteiger partial charge in [-0.1, -0.05) is 54.5 Å². The number of hydrogen-bond acceptors (Lipinski definition) is 8. The summed E-state index contributed by atoms with van der Waals surface area (Å²) in [5.41, 5.74) is 1.46. The SMILES string of the molecule is CC(C)Cc1cc(C(=O)N2CCN(Cc3noc(CCC(=O)N(C)Cc4ccccc4)n3)CC2)no1.Cl. The summed E-state index contributed by atoms with van der Waals surface area (Å²) < 4.78 is 10.7. The average molecular weight is 531 g/mol. The van der Waals surface area contributed by atoms with Gasteiger partial charge in [0, 0.05) is 65.1 Å². The molecule has 0 bridgehead atoms. The van der Waals surface area contributed by atoms with E-state index in [1.54, 1.807) is 22.9 Å². The first kappa shape index (κ1) is 28.3. The molecule has 3 aromatic rings. The third-order valence-electron chi connectivity index (χ3n) is 6.16. The minimum Gasteiger partial charge on any atom is -0.361 e. The summed E-state index contributed by atoms with van der Waals surface area (Å²) in [6, 6.07) is 11.6. The van der Waals surface area contributed by atoms with Crippen LogP contribution in [0.25, 0.3) is 0 Å². The molecule has 11 heteroatoms. The van der Waals surface area contributed by atoms with Crippen LogP contribution < -0.4 is 0 Å². The molecule has 0 N–H and O–H groups in total. The number of piperazine rings is 1. The molecule has 2 amide bonds. The number of aryl methyl sites for hydroxylation is 1. The molecule has 200 valence electrons. The molecule has 4 rings (SSSR count). The highest BCUT2D eigenvalue weighted by molar-refractivity contribution is 5.92. The molecule has 1 aliphatic heterocycles. The molecule has 10 nitrogen and oxygen atoms in total. The largest absolute Gasteiger partial charge is 0.361 e. The van der Waals surface area contributed by atoms with Gasteiger partial charge in [-0.05, 0) is 11.5 Å². The second kappa shape index (κ2) is 13.3. The first-order valence-corrected chi connectivity index (χ1v) is 12.4. The molecule has 0 saturated carbocycles. The van der Waals surface area contributed by atoms with E-state index in [0.717, 1.165) is 17.7 Å². The van der Waals surface area contributed by atoms with Crippen LogP contribution in [0.2, 0.25) is 0 Å². The van der Waals surface area contributed by atoms with Crippen LogP contribution in [0.1, 0.15) is 53.8 Å². The molecule has 0 aliphatic carbocycles. The Hall–Kier alpha value is -3.24. The molecule has 0 atom stereocenters. The Labute approximate surface area is 223 Å². The third-order valence-corrected chi connectivity index (χ3v) is 6.16. The molecular weight excluding hydrogens is 496 g/mol. The summed E-state index contributed by atoms with van der Waals surface area (Å²) >= 11 is 0. The van der Waals surface area contributed by atoms with E-state index in [4.69, 9.17) is 9.05 Å². The lowest BCUT2D eigenvalue weighted by Gasteiger charge is -2.33. The van der Waals surface area contributed by atoms with E-state index in [2.05, 4.69) is 34.0 Å². The molecule has 3 heterocycles. The van der Waals surface area contributed by atoms with Gasteiger partial charge in [0.05, 0.1) is 6.54 Å². The van der Waals surface area contributed by atoms with Crippen molar-refractivity contribution in [2.24, 2.45) is 5.92 Å². The lowest BCUT2D eigenvalue weighted by atomic mass is 10.1. The summed E-state index contributed by atoms with van der Waals surface area (Å²) in [6.07, 6.45) is 1.48. The molecule has 37 heavy (non-hydrogen) atoms. The Bertz CT molecular complexity index is 1140. The second-order valence-corrected chi connectivity index (χ2v) is 9.68. The summed E-state index contributed by atoms with van der Waals surface area (Å²) in [6.45, 7) is 7.90. The van der Waals surface area contributed by atoms with Crippen LogP contribution in [-0.2, 0) is 30.7 Å². The number of halogens is 1. The molecule has 0 unspecified atom stereocenters. The van der Waals surface area contributed by atoms with Crippen molar-refractivity contribution < 1.29 is 18.6 Å². The lowest BCUT2D eigenvalue weighted by molar-refractivity contribution is -0.130. The highest BCUT2D eigenvalue weighted by Gasteiger charge is 2.25. The summed E-state index contributed by atoms with van der Waals surface area (Å²) in [7, 11) is 1.80. The molecule has 1 aliphatic rings. The van der Waals surface area contributed by atoms with Crippen LogP contribution in [0.4, 0.5) is 0 Å². The van der Waals surface area contributed by atoms with Crippen LogP contribution in [0, 0.1) is 5.92 Å². The van der Waals surface area contributed by atoms with Gasteiger partial charge in [0.1, 0.15) is 5.76 Å². The first-order valence-electron chi connectivity index (χ1n) is 12.4. The number of benzene rings is 1. The summed E-state index contributed by atoms with van der Waals surface area (Å²) in [4.78, 5) is 35.4. The Morgan fingerprint density at radius 3 is 2.49 bits per heavy atom. The quantitative estimate of drug-likeness (QED) is 0.393. The van der Waals surface area contributed by atoms with E-state index in [-0.39, 0.29) is 24.2 Å². The van der Waals surface area contributed by atoms with Crippen LogP contribution in [0.5, 0.6) is 0 Å². The molecule has 1 saturated heterocycles. The van der Waals surface area contributed by atoms with Crippen molar-refractivity contribution in [2.45, 2.75) is 46.2 Å². The Morgan fingerprint density at radius 1 is 1.05 bits per heavy atom. The zero-order valence-corrected chi connectivity index (χ0v) is 22.4. The van der Waals surface area contributed by atoms with E-state index < -0.39 is 0 Å². The second-order valence-electron chi connectivity index (χ2n) is 9.68. The molecular formula is C26H35ClN6O4. The Kier molecular flexibility index (Phi) is 10.2. The predicted octanol–water partition coefficient (Wildman–Crippen LogP) is 3.23. The fraction of sp³-hybridized carbons (Fsp3) is 0.500. The van der Waals surface area contributed by atoms with Crippen molar-refractivity contribution in [3.05, 3.63) is 65.1 Å². The van der Waals surface area contributed by atoms with Crippen molar-refractivity contribution >= 4 is 24.2 Å². The van der Waals surface area contributed by atoms with Gasteiger partial charge in [-0.3, -0.25) is 14.5 Å². The Morgan fingerprint density at radius 2 is 1.78 bits per heavy atom. The third kappa shape index (κ3) is 8.13. The van der Waals surface area contributed by atoms with Gasteiger partial charge >= 0.3 is 0 Å². The fourth-order valence-corrected chi connectivity index (χ4v) is 4.19. The van der Waals surface area contributed by atoms with E-state index in [1.165, 1.54) is 0 Å². The topological polar surface area (TPSA) is 109 Å². The van der Waals surface area contributed by atoms with Crippen LogP contribution >= 0.6 is 12.4 Å². The zero-order chi connectivity index (χ0) is 25.5. The normalized spacial score (nSPS) is 14.0. The van der Waals surface area contributed by atoms with Gasteiger partial charge in [0.2, 0.25) is 11.8 Å². The number of aromatic nitrogens is 3. The number of carbonyl (C=O) groups excluding carboxylic acids is 2. The monoisotopic (exact) mass is 530 g/mol. The van der Waals surface area contributed by atoms with Crippen molar-refractivity contribution in [3.63, 3.8) is 0 Å². The van der Waals surface area contributed by atoms with Crippen LogP contribution in [0.3, 0.4) is 0 Å². The lowest BCUT2D eigenvalue weighted by Crippen LogP contribution is -2.48. The van der Waals surface area contributed by atoms with Gasteiger partial charge in [-0.15, -0.1) is 12.4 Å². The minimum absolute atomic E-state index is 0. The van der Waals surface area contributed by atoms with Crippen molar-refractivity contribution in [3.8, 4) is 0 Å². The summed E-state index contributed by atoms with van der Waals surface area (Å²) in [5.74, 6) is 2.16. The van der Waals surface area contributed by atoms with Gasteiger partial charge in [-0.25, -0.2) is 0 Å². The highest BCUT2D eigenvalue weighted by Crippen LogP contribution is 2.14. The number of amides is 2. The summed E-state index contributed by atoms with van der Waals surface area (Å²) in [5, 5.41) is 8.03. The predicted molar refractivity (Wildman–Crippen MR) is 139 cm³/mol. The minimum atomic E-state index is -0.0999. The van der Waals surface area contributed by atoms with E-state index in [1.807, 2.05) is 30.3 Å². The molecule has 1 fully saturated rings. The zero-order valence-electron chi connectivity index (χ0n) is 21.6. The number of rotatable bonds is 10. The van der Waals surface area contributed by atoms with Crippen LogP contribution in [0.15, 0.2) is 45.4 Å². The van der Waals surface area contributed by atoms with E-state index >= 15 is 0 Å². The van der Waals surface area contributed by atoms with E-state index in [0.29, 0.717) is 75.4 Å². The van der Waals surface area contributed by atoms with Gasteiger partial charge in [-0.2, -0.15) is 4.98 Å². The van der Waals surface area contributed by atoms with Crippen LogP contribution in [-0.4, -0.2) is 75.0 Å². The molecule has 0 radical (unpaired) electrons. The molecule has 2 aromatic heterocycles. The average Bonchev–Trinajstić information content (AvgIpc) is 3.52. The van der Waals surface area contributed by atoms with Crippen molar-refractivity contribution in [1.29, 1.82) is 0 Å². The van der Waals surface area contributed by atoms with Gasteiger partial charge < -0.3 is 18.8 Å². The number of hydrogen-bond donors (Lipinski definition) is 0. The smallest absolute Gasteiger partial charge is 0.276 e. The maximum absolute atomic E-state index is 12.8. The maximum Gasteiger partial charge on any atom is 0.276 e. The molecule has 0 spiro atoms. The van der Waals surface area contributed by atoms with E-state index in [9.17, 15) is 9.59 Å². The molecule has 1 aromatic carbocycles. The Balaban J connectivity index is 0.00000380. The van der Waals surface area contributed by atoms with Gasteiger partial charge in [0.15, 0.2) is 11.5 Å². The first-order chi connectivity index (χ1) is 17.4. The number of nitrogens with zero attached hydrogens (tertiary/aromatic N) is 6. The fourth-order valence-electron chi connectivity index (χ4n) is 4.19. The maximum atomic E-state index is 12.8. The number of carbonyl (C=O) groups is 2. The van der Waals surface area contributed by atoms with Crippen molar-refractivity contribution in [2.75, 3.05) is 33.2 Å². The standard InChI is InChI=1S/C26H34N6O4.ClH/c1-19(2)15-21-16-22(28-35-21)26(34)32-13-11-31(12-14-32)18-23-27-24(36-29-23)9-10-25(33)30(3)17-20-7-5-4-6-8-20;/h4-8,16,19H,9-15,17-18H2,1-3H3;1H. The highest BCUT2D eigenvalue weighted by atomic mass is 35.5. The van der Waals surface area contributed by atoms with Gasteiger partial charge in [0.25, 0.3) is 5.91 Å².